The molecule has 33 heavy (non-hydrogen) atoms. The Bertz CT molecular complexity index is 1010. The van der Waals surface area contributed by atoms with Gasteiger partial charge in [-0.1, -0.05) is 50.8 Å². The van der Waals surface area contributed by atoms with Crippen LogP contribution in [-0.2, 0) is 31.9 Å². The summed E-state index contributed by atoms with van der Waals surface area (Å²) in [5, 5.41) is 0. The number of ether oxygens (including phenoxy) is 2. The van der Waals surface area contributed by atoms with Crippen molar-refractivity contribution in [3.8, 4) is 0 Å². The SMILES string of the molecule is CCc1cc(C)cc(CC)c1C1=C(OC(=O)C2CCCCC2)[C@]2(C)[C@H]3CC[C@H](O3)[C@]2(C)C1=O. The summed E-state index contributed by atoms with van der Waals surface area (Å²) in [6.45, 7) is 10.6. The quantitative estimate of drug-likeness (QED) is 0.508. The maximum absolute atomic E-state index is 14.4. The molecule has 4 atom stereocenters. The van der Waals surface area contributed by atoms with Gasteiger partial charge in [0.1, 0.15) is 5.76 Å². The monoisotopic (exact) mass is 450 g/mol. The molecule has 2 bridgehead atoms. The van der Waals surface area contributed by atoms with Gasteiger partial charge in [-0.2, -0.15) is 0 Å². The van der Waals surface area contributed by atoms with Crippen molar-refractivity contribution in [1.82, 2.24) is 0 Å². The van der Waals surface area contributed by atoms with E-state index in [-0.39, 0.29) is 29.9 Å². The van der Waals surface area contributed by atoms with E-state index in [1.54, 1.807) is 0 Å². The second-order valence-electron chi connectivity index (χ2n) is 11.0. The van der Waals surface area contributed by atoms with Crippen molar-refractivity contribution in [3.63, 3.8) is 0 Å². The van der Waals surface area contributed by atoms with Gasteiger partial charge in [0.15, 0.2) is 5.78 Å². The molecule has 0 spiro atoms. The normalized spacial score (nSPS) is 33.7. The summed E-state index contributed by atoms with van der Waals surface area (Å²) < 4.78 is 12.7. The molecule has 0 unspecified atom stereocenters. The van der Waals surface area contributed by atoms with Gasteiger partial charge in [-0.25, -0.2) is 0 Å². The van der Waals surface area contributed by atoms with Gasteiger partial charge in [0.25, 0.3) is 0 Å². The molecule has 4 aliphatic rings. The van der Waals surface area contributed by atoms with Gasteiger partial charge in [-0.3, -0.25) is 9.59 Å². The summed E-state index contributed by atoms with van der Waals surface area (Å²) in [5.74, 6) is 0.501. The fourth-order valence-corrected chi connectivity index (χ4v) is 7.27. The highest BCUT2D eigenvalue weighted by atomic mass is 16.6. The Hall–Kier alpha value is -1.94. The molecule has 178 valence electrons. The highest BCUT2D eigenvalue weighted by Crippen LogP contribution is 2.69. The molecule has 2 saturated heterocycles. The first-order chi connectivity index (χ1) is 15.8. The highest BCUT2D eigenvalue weighted by Gasteiger charge is 2.74. The van der Waals surface area contributed by atoms with Crippen molar-refractivity contribution in [2.45, 2.75) is 105 Å². The fraction of sp³-hybridized carbons (Fsp3) is 0.655. The van der Waals surface area contributed by atoms with E-state index in [0.29, 0.717) is 11.3 Å². The van der Waals surface area contributed by atoms with Crippen LogP contribution >= 0.6 is 0 Å². The predicted molar refractivity (Wildman–Crippen MR) is 129 cm³/mol. The summed E-state index contributed by atoms with van der Waals surface area (Å²) in [4.78, 5) is 27.8. The summed E-state index contributed by atoms with van der Waals surface area (Å²) in [6, 6.07) is 4.39. The number of aryl methyl sites for hydroxylation is 3. The van der Waals surface area contributed by atoms with Crippen molar-refractivity contribution < 1.29 is 19.1 Å². The Labute approximate surface area is 198 Å². The van der Waals surface area contributed by atoms with Crippen LogP contribution in [0.2, 0.25) is 0 Å². The molecule has 4 heteroatoms. The van der Waals surface area contributed by atoms with Gasteiger partial charge in [-0.15, -0.1) is 0 Å². The number of rotatable bonds is 5. The molecule has 0 radical (unpaired) electrons. The summed E-state index contributed by atoms with van der Waals surface area (Å²) in [5.41, 5.74) is 3.93. The lowest BCUT2D eigenvalue weighted by Gasteiger charge is -2.41. The fourth-order valence-electron chi connectivity index (χ4n) is 7.27. The molecule has 0 aromatic heterocycles. The summed E-state index contributed by atoms with van der Waals surface area (Å²) >= 11 is 0. The number of benzene rings is 1. The van der Waals surface area contributed by atoms with Gasteiger partial charge >= 0.3 is 5.97 Å². The number of Topliss-reactive ketones (excluding diaryl/α,β-unsaturated/α-hetero) is 1. The Kier molecular flexibility index (Phi) is 5.59. The van der Waals surface area contributed by atoms with Crippen molar-refractivity contribution in [2.75, 3.05) is 0 Å². The van der Waals surface area contributed by atoms with E-state index in [2.05, 4.69) is 46.8 Å². The molecule has 5 rings (SSSR count). The van der Waals surface area contributed by atoms with E-state index in [9.17, 15) is 9.59 Å². The average molecular weight is 451 g/mol. The smallest absolute Gasteiger partial charge is 0.314 e. The summed E-state index contributed by atoms with van der Waals surface area (Å²) in [7, 11) is 0. The van der Waals surface area contributed by atoms with Crippen LogP contribution in [0.4, 0.5) is 0 Å². The Balaban J connectivity index is 1.71. The Morgan fingerprint density at radius 2 is 1.55 bits per heavy atom. The first-order valence-electron chi connectivity index (χ1n) is 13.1. The van der Waals surface area contributed by atoms with Crippen molar-refractivity contribution in [2.24, 2.45) is 16.7 Å². The minimum Gasteiger partial charge on any atom is -0.429 e. The minimum absolute atomic E-state index is 0.0631. The molecule has 1 saturated carbocycles. The number of carbonyl (C=O) groups excluding carboxylic acids is 2. The molecule has 0 amide bonds. The minimum atomic E-state index is -0.686. The molecule has 4 nitrogen and oxygen atoms in total. The van der Waals surface area contributed by atoms with E-state index >= 15 is 0 Å². The largest absolute Gasteiger partial charge is 0.429 e. The number of esters is 1. The topological polar surface area (TPSA) is 52.6 Å². The Morgan fingerprint density at radius 3 is 2.12 bits per heavy atom. The molecule has 2 heterocycles. The van der Waals surface area contributed by atoms with Gasteiger partial charge < -0.3 is 9.47 Å². The standard InChI is InChI=1S/C29H38O4/c1-6-18-15-17(3)16-19(7-2)23(18)24-25(30)28(4)21-13-14-22(32-21)29(28,5)26(24)33-27(31)20-11-9-8-10-12-20/h15-16,20-22H,6-14H2,1-5H3/t21-,22+,28+,29-/m0/s1. The number of hydrogen-bond acceptors (Lipinski definition) is 4. The van der Waals surface area contributed by atoms with E-state index in [4.69, 9.17) is 9.47 Å². The van der Waals surface area contributed by atoms with E-state index < -0.39 is 10.8 Å². The maximum atomic E-state index is 14.4. The molecule has 2 aliphatic carbocycles. The van der Waals surface area contributed by atoms with Crippen LogP contribution in [-0.4, -0.2) is 24.0 Å². The maximum Gasteiger partial charge on any atom is 0.314 e. The number of allylic oxidation sites excluding steroid dienone is 1. The van der Waals surface area contributed by atoms with Crippen molar-refractivity contribution in [3.05, 3.63) is 40.1 Å². The number of hydrogen-bond donors (Lipinski definition) is 0. The van der Waals surface area contributed by atoms with Crippen LogP contribution in [0.1, 0.15) is 94.9 Å². The van der Waals surface area contributed by atoms with Gasteiger partial charge in [0, 0.05) is 0 Å². The molecule has 1 aromatic rings. The van der Waals surface area contributed by atoms with Gasteiger partial charge in [0.05, 0.1) is 34.5 Å². The lowest BCUT2D eigenvalue weighted by Crippen LogP contribution is -2.48. The zero-order valence-electron chi connectivity index (χ0n) is 20.9. The third-order valence-electron chi connectivity index (χ3n) is 9.38. The second-order valence-corrected chi connectivity index (χ2v) is 11.0. The van der Waals surface area contributed by atoms with Gasteiger partial charge in [-0.05, 0) is 76.0 Å². The van der Waals surface area contributed by atoms with Crippen molar-refractivity contribution in [1.29, 1.82) is 0 Å². The second kappa shape index (κ2) is 8.08. The predicted octanol–water partition coefficient (Wildman–Crippen LogP) is 6.11. The zero-order chi connectivity index (χ0) is 23.5. The molecule has 3 fully saturated rings. The number of carbonyl (C=O) groups is 2. The third kappa shape index (κ3) is 3.05. The lowest BCUT2D eigenvalue weighted by molar-refractivity contribution is -0.149. The van der Waals surface area contributed by atoms with Crippen LogP contribution in [0.15, 0.2) is 17.9 Å². The van der Waals surface area contributed by atoms with E-state index in [1.807, 2.05) is 0 Å². The summed E-state index contributed by atoms with van der Waals surface area (Å²) in [6.07, 6.45) is 8.40. The third-order valence-corrected chi connectivity index (χ3v) is 9.38. The Morgan fingerprint density at radius 1 is 0.970 bits per heavy atom. The molecule has 0 N–H and O–H groups in total. The average Bonchev–Trinajstić information content (AvgIpc) is 3.45. The first kappa shape index (κ1) is 22.8. The van der Waals surface area contributed by atoms with Crippen LogP contribution in [0, 0.1) is 23.7 Å². The van der Waals surface area contributed by atoms with Crippen LogP contribution in [0.5, 0.6) is 0 Å². The highest BCUT2D eigenvalue weighted by molar-refractivity contribution is 6.28. The van der Waals surface area contributed by atoms with E-state index in [1.165, 1.54) is 23.1 Å². The van der Waals surface area contributed by atoms with Crippen LogP contribution < -0.4 is 0 Å². The van der Waals surface area contributed by atoms with Gasteiger partial charge in [0.2, 0.25) is 0 Å². The number of ketones is 1. The first-order valence-corrected chi connectivity index (χ1v) is 13.1. The van der Waals surface area contributed by atoms with E-state index in [0.717, 1.165) is 56.9 Å². The van der Waals surface area contributed by atoms with Crippen LogP contribution in [0.3, 0.4) is 0 Å². The molecular weight excluding hydrogens is 412 g/mol. The molecular formula is C29H38O4. The van der Waals surface area contributed by atoms with Crippen molar-refractivity contribution >= 4 is 17.3 Å². The molecule has 1 aromatic carbocycles. The van der Waals surface area contributed by atoms with Crippen LogP contribution in [0.25, 0.3) is 5.57 Å². The lowest BCUT2D eigenvalue weighted by atomic mass is 9.58. The zero-order valence-corrected chi connectivity index (χ0v) is 20.9. The number of fused-ring (bicyclic) bond motifs is 5. The molecule has 2 aliphatic heterocycles.